The molecule has 21 heavy (non-hydrogen) atoms. The first kappa shape index (κ1) is 14.6. The second-order valence-corrected chi connectivity index (χ2v) is 7.90. The zero-order valence-electron chi connectivity index (χ0n) is 12.2. The molecule has 3 rings (SSSR count). The number of hydrogen-bond acceptors (Lipinski definition) is 2. The van der Waals surface area contributed by atoms with Gasteiger partial charge >= 0.3 is 132 Å². The fraction of sp³-hybridized carbons (Fsp3) is 0.333. The summed E-state index contributed by atoms with van der Waals surface area (Å²) in [6.45, 7) is 0.851. The maximum absolute atomic E-state index is 6.13. The van der Waals surface area contributed by atoms with E-state index in [1.54, 1.807) is 7.11 Å². The van der Waals surface area contributed by atoms with Crippen molar-refractivity contribution in [2.45, 2.75) is 23.8 Å². The summed E-state index contributed by atoms with van der Waals surface area (Å²) in [6.07, 6.45) is 2.55. The van der Waals surface area contributed by atoms with Crippen molar-refractivity contribution in [3.8, 4) is 5.75 Å². The topological polar surface area (TPSA) is 18.5 Å². The molecule has 0 radical (unpaired) electrons. The van der Waals surface area contributed by atoms with Gasteiger partial charge in [0, 0.05) is 0 Å². The fourth-order valence-corrected chi connectivity index (χ4v) is 5.46. The Morgan fingerprint density at radius 3 is 2.62 bits per heavy atom. The molecule has 1 aliphatic rings. The second kappa shape index (κ2) is 7.13. The van der Waals surface area contributed by atoms with Crippen LogP contribution in [0, 0.1) is 0 Å². The van der Waals surface area contributed by atoms with Crippen molar-refractivity contribution in [3.63, 3.8) is 0 Å². The zero-order valence-corrected chi connectivity index (χ0v) is 13.9. The summed E-state index contributed by atoms with van der Waals surface area (Å²) >= 11 is 0.424. The van der Waals surface area contributed by atoms with E-state index in [9.17, 15) is 0 Å². The maximum atomic E-state index is 6.13. The van der Waals surface area contributed by atoms with Gasteiger partial charge in [-0.3, -0.25) is 0 Å². The molecule has 0 bridgehead atoms. The van der Waals surface area contributed by atoms with Gasteiger partial charge in [-0.25, -0.2) is 0 Å². The Balaban J connectivity index is 1.84. The van der Waals surface area contributed by atoms with Crippen LogP contribution in [0.3, 0.4) is 0 Å². The summed E-state index contributed by atoms with van der Waals surface area (Å²) < 4.78 is 13.1. The molecule has 0 saturated carbocycles. The standard InChI is InChI=1S/C18H20O2Se/c1-19-16-11-6-5-10-15(16)18-17(12-7-13-20-18)21-14-8-3-2-4-9-14/h2-6,8-11,17-18H,7,12-13H2,1H3/t17-,18+/m0/s1. The third kappa shape index (κ3) is 3.49. The first-order chi connectivity index (χ1) is 10.4. The fourth-order valence-electron chi connectivity index (χ4n) is 2.74. The van der Waals surface area contributed by atoms with Crippen molar-refractivity contribution in [1.82, 2.24) is 0 Å². The Bertz CT molecular complexity index is 570. The molecule has 110 valence electrons. The van der Waals surface area contributed by atoms with Gasteiger partial charge in [-0.2, -0.15) is 0 Å². The Morgan fingerprint density at radius 2 is 1.81 bits per heavy atom. The summed E-state index contributed by atoms with van der Waals surface area (Å²) in [5.74, 6) is 0.943. The van der Waals surface area contributed by atoms with Crippen molar-refractivity contribution in [3.05, 3.63) is 60.2 Å². The molecule has 2 atom stereocenters. The van der Waals surface area contributed by atoms with Crippen LogP contribution in [0.4, 0.5) is 0 Å². The van der Waals surface area contributed by atoms with Crippen molar-refractivity contribution in [2.75, 3.05) is 13.7 Å². The van der Waals surface area contributed by atoms with Crippen LogP contribution in [0.1, 0.15) is 24.5 Å². The van der Waals surface area contributed by atoms with Crippen LogP contribution >= 0.6 is 0 Å². The second-order valence-electron chi connectivity index (χ2n) is 5.14. The summed E-state index contributed by atoms with van der Waals surface area (Å²) in [4.78, 5) is 0.574. The van der Waals surface area contributed by atoms with Crippen LogP contribution in [-0.4, -0.2) is 28.7 Å². The van der Waals surface area contributed by atoms with Gasteiger partial charge in [0.05, 0.1) is 0 Å². The van der Waals surface area contributed by atoms with Gasteiger partial charge in [-0.1, -0.05) is 0 Å². The van der Waals surface area contributed by atoms with E-state index in [-0.39, 0.29) is 6.10 Å². The van der Waals surface area contributed by atoms with Crippen molar-refractivity contribution in [2.24, 2.45) is 0 Å². The Hall–Kier alpha value is -1.28. The van der Waals surface area contributed by atoms with E-state index < -0.39 is 0 Å². The third-order valence-electron chi connectivity index (χ3n) is 3.74. The summed E-state index contributed by atoms with van der Waals surface area (Å²) in [7, 11) is 1.74. The summed E-state index contributed by atoms with van der Waals surface area (Å²) in [5.41, 5.74) is 1.20. The van der Waals surface area contributed by atoms with E-state index >= 15 is 0 Å². The Labute approximate surface area is 132 Å². The molecule has 1 heterocycles. The van der Waals surface area contributed by atoms with E-state index in [1.807, 2.05) is 12.1 Å². The SMILES string of the molecule is COc1ccccc1[C@H]1OCCC[C@@H]1[Se]c1ccccc1. The van der Waals surface area contributed by atoms with Crippen LogP contribution in [0.2, 0.25) is 4.82 Å². The predicted molar refractivity (Wildman–Crippen MR) is 86.5 cm³/mol. The molecule has 0 N–H and O–H groups in total. The van der Waals surface area contributed by atoms with E-state index in [1.165, 1.54) is 16.4 Å². The quantitative estimate of drug-likeness (QED) is 0.790. The molecule has 0 unspecified atom stereocenters. The van der Waals surface area contributed by atoms with Gasteiger partial charge in [0.1, 0.15) is 0 Å². The van der Waals surface area contributed by atoms with Gasteiger partial charge in [0.15, 0.2) is 0 Å². The molecule has 1 saturated heterocycles. The number of rotatable bonds is 4. The van der Waals surface area contributed by atoms with E-state index in [0.717, 1.165) is 18.8 Å². The molecule has 0 aromatic heterocycles. The van der Waals surface area contributed by atoms with Gasteiger partial charge in [0.25, 0.3) is 0 Å². The minimum absolute atomic E-state index is 0.162. The third-order valence-corrected chi connectivity index (χ3v) is 6.53. The predicted octanol–water partition coefficient (Wildman–Crippen LogP) is 3.36. The number of para-hydroxylation sites is 1. The average molecular weight is 347 g/mol. The molecule has 3 heteroatoms. The van der Waals surface area contributed by atoms with Gasteiger partial charge in [-0.15, -0.1) is 0 Å². The number of ether oxygens (including phenoxy) is 2. The number of hydrogen-bond donors (Lipinski definition) is 0. The van der Waals surface area contributed by atoms with Gasteiger partial charge in [-0.05, 0) is 0 Å². The molecule has 2 nitrogen and oxygen atoms in total. The van der Waals surface area contributed by atoms with Gasteiger partial charge < -0.3 is 0 Å². The van der Waals surface area contributed by atoms with E-state index in [0.29, 0.717) is 19.8 Å². The number of benzene rings is 2. The molecule has 1 aliphatic heterocycles. The Kier molecular flexibility index (Phi) is 4.97. The zero-order chi connectivity index (χ0) is 14.5. The van der Waals surface area contributed by atoms with Crippen molar-refractivity contribution >= 4 is 19.4 Å². The molecule has 2 aromatic rings. The van der Waals surface area contributed by atoms with E-state index in [2.05, 4.69) is 42.5 Å². The molecule has 0 aliphatic carbocycles. The van der Waals surface area contributed by atoms with E-state index in [4.69, 9.17) is 9.47 Å². The summed E-state index contributed by atoms with van der Waals surface area (Å²) in [6, 6.07) is 19.0. The molecule has 1 fully saturated rings. The minimum atomic E-state index is 0.162. The van der Waals surface area contributed by atoms with Gasteiger partial charge in [0.2, 0.25) is 0 Å². The normalized spacial score (nSPS) is 22.0. The average Bonchev–Trinajstić information content (AvgIpc) is 2.56. The van der Waals surface area contributed by atoms with Crippen molar-refractivity contribution < 1.29 is 9.47 Å². The Morgan fingerprint density at radius 1 is 1.05 bits per heavy atom. The first-order valence-electron chi connectivity index (χ1n) is 7.34. The van der Waals surface area contributed by atoms with Crippen LogP contribution in [-0.2, 0) is 4.74 Å². The summed E-state index contributed by atoms with van der Waals surface area (Å²) in [5, 5.41) is 0. The first-order valence-corrected chi connectivity index (χ1v) is 9.19. The molecule has 0 spiro atoms. The number of methoxy groups -OCH3 is 1. The monoisotopic (exact) mass is 348 g/mol. The molecular formula is C18H20O2Se. The van der Waals surface area contributed by atoms with Crippen LogP contribution < -0.4 is 9.20 Å². The van der Waals surface area contributed by atoms with Crippen LogP contribution in [0.25, 0.3) is 0 Å². The van der Waals surface area contributed by atoms with Crippen LogP contribution in [0.15, 0.2) is 54.6 Å². The van der Waals surface area contributed by atoms with Crippen LogP contribution in [0.5, 0.6) is 5.75 Å². The van der Waals surface area contributed by atoms with Crippen molar-refractivity contribution in [1.29, 1.82) is 0 Å². The molecule has 0 amide bonds. The molecule has 2 aromatic carbocycles. The molecular weight excluding hydrogens is 327 g/mol.